The van der Waals surface area contributed by atoms with Gasteiger partial charge in [0.05, 0.1) is 17.9 Å². The highest BCUT2D eigenvalue weighted by atomic mass is 16.5. The summed E-state index contributed by atoms with van der Waals surface area (Å²) in [4.78, 5) is 11.6. The molecule has 3 heteroatoms. The van der Waals surface area contributed by atoms with Crippen molar-refractivity contribution >= 4 is 11.7 Å². The van der Waals surface area contributed by atoms with E-state index in [4.69, 9.17) is 4.74 Å². The predicted octanol–water partition coefficient (Wildman–Crippen LogP) is 2.22. The molecule has 0 radical (unpaired) electrons. The summed E-state index contributed by atoms with van der Waals surface area (Å²) in [5, 5.41) is 0. The van der Waals surface area contributed by atoms with E-state index in [-0.39, 0.29) is 5.97 Å². The van der Waals surface area contributed by atoms with Crippen molar-refractivity contribution in [1.29, 1.82) is 0 Å². The number of ether oxygens (including phenoxy) is 1. The van der Waals surface area contributed by atoms with E-state index >= 15 is 0 Å². The average molecular weight is 203 g/mol. The van der Waals surface area contributed by atoms with E-state index in [0.717, 1.165) is 11.3 Å². The third-order valence-corrected chi connectivity index (χ3v) is 2.31. The fourth-order valence-electron chi connectivity index (χ4n) is 1.64. The first-order valence-electron chi connectivity index (χ1n) is 5.03. The molecule has 0 saturated heterocycles. The zero-order valence-corrected chi connectivity index (χ0v) is 8.64. The van der Waals surface area contributed by atoms with Gasteiger partial charge in [0.25, 0.3) is 0 Å². The van der Waals surface area contributed by atoms with Crippen LogP contribution in [0.5, 0.6) is 0 Å². The fraction of sp³-hybridized carbons (Fsp3) is 0.250. The van der Waals surface area contributed by atoms with Crippen molar-refractivity contribution in [2.75, 3.05) is 6.61 Å². The normalized spacial score (nSPS) is 14.7. The van der Waals surface area contributed by atoms with Crippen LogP contribution in [-0.4, -0.2) is 17.1 Å². The van der Waals surface area contributed by atoms with Crippen LogP contribution in [0.15, 0.2) is 42.3 Å². The molecule has 0 N–H and O–H groups in total. The van der Waals surface area contributed by atoms with Crippen LogP contribution in [0.1, 0.15) is 13.3 Å². The highest BCUT2D eigenvalue weighted by Crippen LogP contribution is 2.24. The SMILES string of the molecule is CCOC(=O)C1=C(n2cccc2)C=CC1. The van der Waals surface area contributed by atoms with Gasteiger partial charge in [-0.1, -0.05) is 6.08 Å². The number of nitrogens with zero attached hydrogens (tertiary/aromatic N) is 1. The zero-order valence-electron chi connectivity index (χ0n) is 8.64. The quantitative estimate of drug-likeness (QED) is 0.705. The summed E-state index contributed by atoms with van der Waals surface area (Å²) in [6.45, 7) is 2.23. The summed E-state index contributed by atoms with van der Waals surface area (Å²) < 4.78 is 6.93. The molecule has 1 aliphatic rings. The van der Waals surface area contributed by atoms with Gasteiger partial charge >= 0.3 is 5.97 Å². The van der Waals surface area contributed by atoms with Gasteiger partial charge in [0.1, 0.15) is 0 Å². The highest BCUT2D eigenvalue weighted by molar-refractivity contribution is 5.98. The van der Waals surface area contributed by atoms with E-state index in [0.29, 0.717) is 13.0 Å². The lowest BCUT2D eigenvalue weighted by atomic mass is 10.2. The largest absolute Gasteiger partial charge is 0.463 e. The Kier molecular flexibility index (Phi) is 2.72. The van der Waals surface area contributed by atoms with E-state index in [2.05, 4.69) is 0 Å². The summed E-state index contributed by atoms with van der Waals surface area (Å²) in [5.74, 6) is -0.216. The smallest absolute Gasteiger partial charge is 0.336 e. The topological polar surface area (TPSA) is 31.2 Å². The van der Waals surface area contributed by atoms with E-state index in [9.17, 15) is 4.79 Å². The molecule has 0 unspecified atom stereocenters. The Balaban J connectivity index is 2.30. The van der Waals surface area contributed by atoms with Crippen molar-refractivity contribution in [2.45, 2.75) is 13.3 Å². The van der Waals surface area contributed by atoms with Gasteiger partial charge < -0.3 is 9.30 Å². The first-order valence-corrected chi connectivity index (χ1v) is 5.03. The Morgan fingerprint density at radius 2 is 2.20 bits per heavy atom. The first kappa shape index (κ1) is 9.77. The maximum atomic E-state index is 11.6. The molecule has 1 heterocycles. The molecule has 0 amide bonds. The van der Waals surface area contributed by atoms with Crippen LogP contribution in [0.4, 0.5) is 0 Å². The van der Waals surface area contributed by atoms with Gasteiger partial charge in [-0.3, -0.25) is 0 Å². The Morgan fingerprint density at radius 1 is 1.47 bits per heavy atom. The van der Waals surface area contributed by atoms with Gasteiger partial charge in [-0.05, 0) is 31.6 Å². The fourth-order valence-corrected chi connectivity index (χ4v) is 1.64. The minimum absolute atomic E-state index is 0.216. The molecule has 0 aromatic carbocycles. The number of carbonyl (C=O) groups excluding carboxylic acids is 1. The average Bonchev–Trinajstić information content (AvgIpc) is 2.88. The lowest BCUT2D eigenvalue weighted by molar-refractivity contribution is -0.138. The van der Waals surface area contributed by atoms with Crippen molar-refractivity contribution in [2.24, 2.45) is 0 Å². The van der Waals surface area contributed by atoms with Gasteiger partial charge in [-0.2, -0.15) is 0 Å². The molecule has 3 nitrogen and oxygen atoms in total. The van der Waals surface area contributed by atoms with Crippen LogP contribution in [0.25, 0.3) is 5.70 Å². The first-order chi connectivity index (χ1) is 7.33. The van der Waals surface area contributed by atoms with Gasteiger partial charge in [-0.15, -0.1) is 0 Å². The molecule has 15 heavy (non-hydrogen) atoms. The number of hydrogen-bond acceptors (Lipinski definition) is 2. The van der Waals surface area contributed by atoms with Crippen LogP contribution in [-0.2, 0) is 9.53 Å². The Labute approximate surface area is 88.7 Å². The highest BCUT2D eigenvalue weighted by Gasteiger charge is 2.18. The maximum Gasteiger partial charge on any atom is 0.336 e. The van der Waals surface area contributed by atoms with Crippen molar-refractivity contribution in [3.05, 3.63) is 42.3 Å². The van der Waals surface area contributed by atoms with E-state index in [1.54, 1.807) is 0 Å². The van der Waals surface area contributed by atoms with Gasteiger partial charge in [0, 0.05) is 12.4 Å². The Hall–Kier alpha value is -1.77. The molecule has 0 spiro atoms. The third-order valence-electron chi connectivity index (χ3n) is 2.31. The summed E-state index contributed by atoms with van der Waals surface area (Å²) in [6, 6.07) is 3.86. The third kappa shape index (κ3) is 1.86. The second-order valence-electron chi connectivity index (χ2n) is 3.28. The molecule has 0 fully saturated rings. The minimum atomic E-state index is -0.216. The maximum absolute atomic E-state index is 11.6. The molecule has 0 atom stereocenters. The molecule has 1 aromatic heterocycles. The van der Waals surface area contributed by atoms with E-state index < -0.39 is 0 Å². The summed E-state index contributed by atoms with van der Waals surface area (Å²) in [6.07, 6.45) is 8.43. The second kappa shape index (κ2) is 4.17. The molecule has 0 bridgehead atoms. The van der Waals surface area contributed by atoms with Crippen molar-refractivity contribution in [3.8, 4) is 0 Å². The Morgan fingerprint density at radius 3 is 2.87 bits per heavy atom. The molecule has 78 valence electrons. The van der Waals surface area contributed by atoms with Crippen LogP contribution in [0, 0.1) is 0 Å². The van der Waals surface area contributed by atoms with Crippen LogP contribution >= 0.6 is 0 Å². The molecule has 1 aliphatic carbocycles. The van der Waals surface area contributed by atoms with E-state index in [1.807, 2.05) is 48.2 Å². The zero-order chi connectivity index (χ0) is 10.7. The number of hydrogen-bond donors (Lipinski definition) is 0. The van der Waals surface area contributed by atoms with Crippen LogP contribution in [0.3, 0.4) is 0 Å². The predicted molar refractivity (Wildman–Crippen MR) is 58.0 cm³/mol. The van der Waals surface area contributed by atoms with E-state index in [1.165, 1.54) is 0 Å². The number of esters is 1. The van der Waals surface area contributed by atoms with Gasteiger partial charge in [0.2, 0.25) is 0 Å². The molecule has 2 rings (SSSR count). The minimum Gasteiger partial charge on any atom is -0.463 e. The lowest BCUT2D eigenvalue weighted by Crippen LogP contribution is -2.09. The number of carbonyl (C=O) groups is 1. The standard InChI is InChI=1S/C12H13NO2/c1-2-15-12(14)10-6-5-7-11(10)13-8-3-4-9-13/h3-5,7-9H,2,6H2,1H3. The van der Waals surface area contributed by atoms with Crippen LogP contribution in [0.2, 0.25) is 0 Å². The van der Waals surface area contributed by atoms with Crippen molar-refractivity contribution < 1.29 is 9.53 Å². The van der Waals surface area contributed by atoms with Crippen molar-refractivity contribution in [1.82, 2.24) is 4.57 Å². The summed E-state index contributed by atoms with van der Waals surface area (Å²) >= 11 is 0. The number of aromatic nitrogens is 1. The molecule has 0 aliphatic heterocycles. The molecule has 1 aromatic rings. The number of allylic oxidation sites excluding steroid dienone is 3. The molecular formula is C12H13NO2. The second-order valence-corrected chi connectivity index (χ2v) is 3.28. The van der Waals surface area contributed by atoms with Crippen LogP contribution < -0.4 is 0 Å². The molecular weight excluding hydrogens is 190 g/mol. The monoisotopic (exact) mass is 203 g/mol. The summed E-state index contributed by atoms with van der Waals surface area (Å²) in [5.41, 5.74) is 1.64. The van der Waals surface area contributed by atoms with Gasteiger partial charge in [0.15, 0.2) is 0 Å². The Bertz CT molecular complexity index is 413. The van der Waals surface area contributed by atoms with Crippen molar-refractivity contribution in [3.63, 3.8) is 0 Å². The lowest BCUT2D eigenvalue weighted by Gasteiger charge is -2.07. The summed E-state index contributed by atoms with van der Waals surface area (Å²) in [7, 11) is 0. The van der Waals surface area contributed by atoms with Gasteiger partial charge in [-0.25, -0.2) is 4.79 Å². The molecule has 0 saturated carbocycles. The number of rotatable bonds is 3.